The normalized spacial score (nSPS) is 9.55. The van der Waals surface area contributed by atoms with E-state index in [0.29, 0.717) is 6.54 Å². The van der Waals surface area contributed by atoms with Gasteiger partial charge in [0.25, 0.3) is 0 Å². The lowest BCUT2D eigenvalue weighted by molar-refractivity contribution is 0.0515. The number of nitrogens with zero attached hydrogens (tertiary/aromatic N) is 2. The standard InChI is InChI=1S/C5H7N3O2S/c6-1-2-10-5(9)4-8-7-3-11-4/h3H,1-2,6H2. The first-order valence-corrected chi connectivity index (χ1v) is 3.86. The summed E-state index contributed by atoms with van der Waals surface area (Å²) in [5, 5.41) is 7.27. The highest BCUT2D eigenvalue weighted by Gasteiger charge is 2.09. The summed E-state index contributed by atoms with van der Waals surface area (Å²) in [7, 11) is 0. The maximum Gasteiger partial charge on any atom is 0.369 e. The molecule has 0 saturated carbocycles. The van der Waals surface area contributed by atoms with Gasteiger partial charge in [0.05, 0.1) is 0 Å². The third kappa shape index (κ3) is 2.24. The van der Waals surface area contributed by atoms with E-state index in [1.165, 1.54) is 5.51 Å². The molecule has 1 aromatic heterocycles. The van der Waals surface area contributed by atoms with E-state index in [1.807, 2.05) is 0 Å². The molecule has 2 N–H and O–H groups in total. The zero-order chi connectivity index (χ0) is 8.10. The van der Waals surface area contributed by atoms with E-state index >= 15 is 0 Å². The Balaban J connectivity index is 2.43. The first-order chi connectivity index (χ1) is 5.34. The summed E-state index contributed by atoms with van der Waals surface area (Å²) in [5.41, 5.74) is 6.59. The van der Waals surface area contributed by atoms with Crippen molar-refractivity contribution in [2.24, 2.45) is 5.73 Å². The number of nitrogens with two attached hydrogens (primary N) is 1. The van der Waals surface area contributed by atoms with E-state index in [-0.39, 0.29) is 11.6 Å². The van der Waals surface area contributed by atoms with Crippen LogP contribution in [0.15, 0.2) is 5.51 Å². The number of carbonyl (C=O) groups excluding carboxylic acids is 1. The van der Waals surface area contributed by atoms with Crippen LogP contribution in [-0.2, 0) is 4.74 Å². The molecule has 0 aliphatic carbocycles. The molecule has 1 heterocycles. The van der Waals surface area contributed by atoms with Gasteiger partial charge in [0.1, 0.15) is 12.1 Å². The molecule has 11 heavy (non-hydrogen) atoms. The lowest BCUT2D eigenvalue weighted by atomic mass is 10.7. The van der Waals surface area contributed by atoms with Crippen molar-refractivity contribution in [1.82, 2.24) is 10.2 Å². The third-order valence-corrected chi connectivity index (χ3v) is 1.56. The predicted octanol–water partition coefficient (Wildman–Crippen LogP) is -0.346. The lowest BCUT2D eigenvalue weighted by Crippen LogP contribution is -2.13. The fourth-order valence-electron chi connectivity index (χ4n) is 0.475. The van der Waals surface area contributed by atoms with Gasteiger partial charge < -0.3 is 10.5 Å². The van der Waals surface area contributed by atoms with Crippen molar-refractivity contribution in [1.29, 1.82) is 0 Å². The molecule has 1 rings (SSSR count). The van der Waals surface area contributed by atoms with Crippen LogP contribution in [-0.4, -0.2) is 29.3 Å². The van der Waals surface area contributed by atoms with Gasteiger partial charge >= 0.3 is 5.97 Å². The number of aromatic nitrogens is 2. The molecule has 5 nitrogen and oxygen atoms in total. The molecule has 0 radical (unpaired) electrons. The average Bonchev–Trinajstić information content (AvgIpc) is 2.52. The monoisotopic (exact) mass is 173 g/mol. The SMILES string of the molecule is NCCOC(=O)c1nncs1. The van der Waals surface area contributed by atoms with Gasteiger partial charge in [-0.2, -0.15) is 0 Å². The smallest absolute Gasteiger partial charge is 0.369 e. The molecule has 0 atom stereocenters. The Morgan fingerprint density at radius 3 is 3.18 bits per heavy atom. The Bertz CT molecular complexity index is 224. The summed E-state index contributed by atoms with van der Waals surface area (Å²) in [5.74, 6) is -0.460. The summed E-state index contributed by atoms with van der Waals surface area (Å²) < 4.78 is 4.68. The Kier molecular flexibility index (Phi) is 2.94. The molecule has 0 amide bonds. The van der Waals surface area contributed by atoms with Gasteiger partial charge in [-0.3, -0.25) is 0 Å². The molecule has 0 saturated heterocycles. The summed E-state index contributed by atoms with van der Waals surface area (Å²) in [6, 6.07) is 0. The van der Waals surface area contributed by atoms with Crippen LogP contribution >= 0.6 is 11.3 Å². The highest BCUT2D eigenvalue weighted by Crippen LogP contribution is 2.02. The Morgan fingerprint density at radius 2 is 2.64 bits per heavy atom. The van der Waals surface area contributed by atoms with Crippen LogP contribution < -0.4 is 5.73 Å². The van der Waals surface area contributed by atoms with Crippen molar-refractivity contribution in [3.63, 3.8) is 0 Å². The molecular weight excluding hydrogens is 166 g/mol. The van der Waals surface area contributed by atoms with Crippen molar-refractivity contribution < 1.29 is 9.53 Å². The van der Waals surface area contributed by atoms with E-state index in [1.54, 1.807) is 0 Å². The van der Waals surface area contributed by atoms with Gasteiger partial charge in [-0.25, -0.2) is 4.79 Å². The fraction of sp³-hybridized carbons (Fsp3) is 0.400. The quantitative estimate of drug-likeness (QED) is 0.632. The number of rotatable bonds is 3. The minimum absolute atomic E-state index is 0.221. The number of hydrogen-bond acceptors (Lipinski definition) is 6. The Morgan fingerprint density at radius 1 is 1.82 bits per heavy atom. The summed E-state index contributed by atoms with van der Waals surface area (Å²) in [6.45, 7) is 0.545. The average molecular weight is 173 g/mol. The van der Waals surface area contributed by atoms with Crippen LogP contribution in [0.2, 0.25) is 0 Å². The molecule has 0 spiro atoms. The second kappa shape index (κ2) is 3.99. The summed E-state index contributed by atoms with van der Waals surface area (Å²) >= 11 is 1.14. The van der Waals surface area contributed by atoms with E-state index in [0.717, 1.165) is 11.3 Å². The second-order valence-corrected chi connectivity index (χ2v) is 2.50. The van der Waals surface area contributed by atoms with E-state index in [9.17, 15) is 4.79 Å². The maximum absolute atomic E-state index is 10.9. The van der Waals surface area contributed by atoms with Crippen LogP contribution in [0.5, 0.6) is 0 Å². The number of ether oxygens (including phenoxy) is 1. The number of esters is 1. The van der Waals surface area contributed by atoms with E-state index < -0.39 is 5.97 Å². The molecule has 0 aromatic carbocycles. The third-order valence-electron chi connectivity index (χ3n) is 0.886. The number of hydrogen-bond donors (Lipinski definition) is 1. The first-order valence-electron chi connectivity index (χ1n) is 2.98. The second-order valence-electron chi connectivity index (χ2n) is 1.67. The van der Waals surface area contributed by atoms with Crippen LogP contribution in [0.1, 0.15) is 9.80 Å². The molecule has 1 aromatic rings. The van der Waals surface area contributed by atoms with Crippen LogP contribution in [0, 0.1) is 0 Å². The van der Waals surface area contributed by atoms with Crippen LogP contribution in [0.4, 0.5) is 0 Å². The van der Waals surface area contributed by atoms with Gasteiger partial charge in [0.2, 0.25) is 5.01 Å². The van der Waals surface area contributed by atoms with Crippen LogP contribution in [0.25, 0.3) is 0 Å². The van der Waals surface area contributed by atoms with Crippen molar-refractivity contribution in [2.75, 3.05) is 13.2 Å². The zero-order valence-electron chi connectivity index (χ0n) is 5.69. The van der Waals surface area contributed by atoms with Gasteiger partial charge in [-0.15, -0.1) is 10.2 Å². The highest BCUT2D eigenvalue weighted by molar-refractivity contribution is 7.11. The minimum Gasteiger partial charge on any atom is -0.459 e. The molecule has 0 unspecified atom stereocenters. The topological polar surface area (TPSA) is 78.1 Å². The zero-order valence-corrected chi connectivity index (χ0v) is 6.50. The molecular formula is C5H7N3O2S. The van der Waals surface area contributed by atoms with Gasteiger partial charge in [-0.1, -0.05) is 11.3 Å². The van der Waals surface area contributed by atoms with Crippen molar-refractivity contribution >= 4 is 17.3 Å². The van der Waals surface area contributed by atoms with E-state index in [4.69, 9.17) is 5.73 Å². The Labute approximate surface area is 67.2 Å². The molecule has 6 heteroatoms. The van der Waals surface area contributed by atoms with Crippen molar-refractivity contribution in [2.45, 2.75) is 0 Å². The largest absolute Gasteiger partial charge is 0.459 e. The molecule has 0 bridgehead atoms. The molecule has 0 aliphatic rings. The first kappa shape index (κ1) is 8.09. The van der Waals surface area contributed by atoms with Gasteiger partial charge in [-0.05, 0) is 0 Å². The summed E-state index contributed by atoms with van der Waals surface area (Å²) in [6.07, 6.45) is 0. The van der Waals surface area contributed by atoms with Crippen molar-refractivity contribution in [3.05, 3.63) is 10.5 Å². The van der Waals surface area contributed by atoms with Crippen molar-refractivity contribution in [3.8, 4) is 0 Å². The predicted molar refractivity (Wildman–Crippen MR) is 39.2 cm³/mol. The summed E-state index contributed by atoms with van der Waals surface area (Å²) in [4.78, 5) is 10.9. The van der Waals surface area contributed by atoms with Crippen LogP contribution in [0.3, 0.4) is 0 Å². The molecule has 0 fully saturated rings. The Hall–Kier alpha value is -1.01. The highest BCUT2D eigenvalue weighted by atomic mass is 32.1. The van der Waals surface area contributed by atoms with Gasteiger partial charge in [0.15, 0.2) is 0 Å². The fourth-order valence-corrected chi connectivity index (χ4v) is 0.919. The maximum atomic E-state index is 10.9. The minimum atomic E-state index is -0.460. The lowest BCUT2D eigenvalue weighted by Gasteiger charge is -1.96. The number of carbonyl (C=O) groups is 1. The molecule has 0 aliphatic heterocycles. The van der Waals surface area contributed by atoms with Gasteiger partial charge in [0, 0.05) is 6.54 Å². The molecule has 60 valence electrons. The van der Waals surface area contributed by atoms with E-state index in [2.05, 4.69) is 14.9 Å².